The van der Waals surface area contributed by atoms with E-state index in [0.29, 0.717) is 27.7 Å². The predicted molar refractivity (Wildman–Crippen MR) is 127 cm³/mol. The molecule has 6 nitrogen and oxygen atoms in total. The molecule has 0 aliphatic heterocycles. The molecule has 0 bridgehead atoms. The molecule has 3 heterocycles. The monoisotopic (exact) mass is 441 g/mol. The molecule has 1 aliphatic rings. The fraction of sp³-hybridized carbons (Fsp3) is 0.280. The van der Waals surface area contributed by atoms with E-state index in [0.717, 1.165) is 47.8 Å². The Hall–Kier alpha value is -3.50. The maximum absolute atomic E-state index is 13.5. The molecule has 1 amide bonds. The summed E-state index contributed by atoms with van der Waals surface area (Å²) >= 11 is 1.54. The summed E-state index contributed by atoms with van der Waals surface area (Å²) in [6.07, 6.45) is 6.64. The molecule has 1 atom stereocenters. The number of fused-ring (bicyclic) bond motifs is 2. The number of nitriles is 1. The topological polar surface area (TPSA) is 83.6 Å². The van der Waals surface area contributed by atoms with Gasteiger partial charge in [-0.2, -0.15) is 10.4 Å². The van der Waals surface area contributed by atoms with Crippen molar-refractivity contribution in [2.75, 3.05) is 5.32 Å². The number of pyridine rings is 1. The highest BCUT2D eigenvalue weighted by molar-refractivity contribution is 7.16. The lowest BCUT2D eigenvalue weighted by Crippen LogP contribution is -2.13. The maximum Gasteiger partial charge on any atom is 0.257 e. The normalized spacial score (nSPS) is 15.3. The number of benzene rings is 1. The number of rotatable bonds is 4. The molecule has 5 rings (SSSR count). The number of carbonyl (C=O) groups is 1. The third-order valence-electron chi connectivity index (χ3n) is 6.06. The number of carbonyl (C=O) groups excluding carboxylic acids is 1. The van der Waals surface area contributed by atoms with Crippen molar-refractivity contribution in [2.24, 2.45) is 5.92 Å². The van der Waals surface area contributed by atoms with Gasteiger partial charge in [0.1, 0.15) is 11.1 Å². The third kappa shape index (κ3) is 3.57. The molecule has 0 fully saturated rings. The summed E-state index contributed by atoms with van der Waals surface area (Å²) in [6, 6.07) is 11.8. The van der Waals surface area contributed by atoms with Gasteiger partial charge in [-0.15, -0.1) is 11.3 Å². The van der Waals surface area contributed by atoms with Gasteiger partial charge in [0, 0.05) is 28.6 Å². The SMILES string of the molecule is CCn1cc(-c2cc(C(=O)Nc3sc4c(c3C#N)CC[C@@H](C)C4)c3ccccc3n2)cn1. The lowest BCUT2D eigenvalue weighted by molar-refractivity contribution is 0.102. The van der Waals surface area contributed by atoms with Crippen molar-refractivity contribution in [3.05, 3.63) is 64.3 Å². The fourth-order valence-electron chi connectivity index (χ4n) is 4.31. The number of nitrogens with one attached hydrogen (secondary N) is 1. The zero-order valence-electron chi connectivity index (χ0n) is 18.1. The van der Waals surface area contributed by atoms with Crippen LogP contribution in [-0.4, -0.2) is 20.7 Å². The zero-order chi connectivity index (χ0) is 22.2. The Labute approximate surface area is 190 Å². The van der Waals surface area contributed by atoms with Crippen LogP contribution in [0.25, 0.3) is 22.2 Å². The van der Waals surface area contributed by atoms with Gasteiger partial charge in [-0.1, -0.05) is 25.1 Å². The van der Waals surface area contributed by atoms with Crippen molar-refractivity contribution >= 4 is 33.1 Å². The van der Waals surface area contributed by atoms with Crippen LogP contribution in [0.3, 0.4) is 0 Å². The van der Waals surface area contributed by atoms with E-state index in [1.165, 1.54) is 4.88 Å². The lowest BCUT2D eigenvalue weighted by Gasteiger charge is -2.17. The van der Waals surface area contributed by atoms with Crippen molar-refractivity contribution in [3.63, 3.8) is 0 Å². The summed E-state index contributed by atoms with van der Waals surface area (Å²) in [4.78, 5) is 19.4. The number of aryl methyl sites for hydroxylation is 1. The predicted octanol–water partition coefficient (Wildman–Crippen LogP) is 5.43. The fourth-order valence-corrected chi connectivity index (χ4v) is 5.66. The Balaban J connectivity index is 1.56. The second kappa shape index (κ2) is 8.21. The minimum absolute atomic E-state index is 0.226. The molecule has 7 heteroatoms. The molecule has 32 heavy (non-hydrogen) atoms. The Kier molecular flexibility index (Phi) is 5.24. The van der Waals surface area contributed by atoms with Crippen LogP contribution >= 0.6 is 11.3 Å². The molecule has 0 saturated heterocycles. The van der Waals surface area contributed by atoms with E-state index in [9.17, 15) is 10.1 Å². The van der Waals surface area contributed by atoms with Gasteiger partial charge >= 0.3 is 0 Å². The third-order valence-corrected chi connectivity index (χ3v) is 7.23. The zero-order valence-corrected chi connectivity index (χ0v) is 18.9. The molecular formula is C25H23N5OS. The number of thiophene rings is 1. The van der Waals surface area contributed by atoms with Gasteiger partial charge in [0.2, 0.25) is 0 Å². The summed E-state index contributed by atoms with van der Waals surface area (Å²) < 4.78 is 1.84. The summed E-state index contributed by atoms with van der Waals surface area (Å²) in [5.41, 5.74) is 4.59. The second-order valence-electron chi connectivity index (χ2n) is 8.28. The van der Waals surface area contributed by atoms with Crippen LogP contribution in [-0.2, 0) is 19.4 Å². The minimum Gasteiger partial charge on any atom is -0.312 e. The van der Waals surface area contributed by atoms with Gasteiger partial charge in [0.15, 0.2) is 0 Å². The molecule has 1 N–H and O–H groups in total. The highest BCUT2D eigenvalue weighted by Gasteiger charge is 2.25. The average molecular weight is 442 g/mol. The summed E-state index contributed by atoms with van der Waals surface area (Å²) in [6.45, 7) is 5.02. The summed E-state index contributed by atoms with van der Waals surface area (Å²) in [5, 5.41) is 18.6. The van der Waals surface area contributed by atoms with E-state index in [-0.39, 0.29) is 5.91 Å². The van der Waals surface area contributed by atoms with Gasteiger partial charge in [0.25, 0.3) is 5.91 Å². The number of nitrogens with zero attached hydrogens (tertiary/aromatic N) is 4. The Bertz CT molecular complexity index is 1380. The van der Waals surface area contributed by atoms with Crippen LogP contribution in [0.1, 0.15) is 46.6 Å². The van der Waals surface area contributed by atoms with Gasteiger partial charge in [-0.3, -0.25) is 9.48 Å². The number of para-hydroxylation sites is 1. The second-order valence-corrected chi connectivity index (χ2v) is 9.38. The summed E-state index contributed by atoms with van der Waals surface area (Å²) in [5.74, 6) is 0.378. The number of anilines is 1. The van der Waals surface area contributed by atoms with Crippen molar-refractivity contribution in [1.29, 1.82) is 5.26 Å². The molecule has 3 aromatic heterocycles. The molecule has 1 aliphatic carbocycles. The van der Waals surface area contributed by atoms with Crippen LogP contribution in [0, 0.1) is 17.2 Å². The molecule has 0 saturated carbocycles. The van der Waals surface area contributed by atoms with E-state index in [4.69, 9.17) is 4.98 Å². The lowest BCUT2D eigenvalue weighted by atomic mass is 9.88. The largest absolute Gasteiger partial charge is 0.312 e. The Morgan fingerprint density at radius 1 is 1.38 bits per heavy atom. The molecular weight excluding hydrogens is 418 g/mol. The van der Waals surface area contributed by atoms with Crippen LogP contribution < -0.4 is 5.32 Å². The number of hydrogen-bond donors (Lipinski definition) is 1. The van der Waals surface area contributed by atoms with Crippen LogP contribution in [0.15, 0.2) is 42.7 Å². The van der Waals surface area contributed by atoms with Gasteiger partial charge in [-0.05, 0) is 49.8 Å². The first-order chi connectivity index (χ1) is 15.6. The first-order valence-electron chi connectivity index (χ1n) is 10.9. The minimum atomic E-state index is -0.226. The molecule has 4 aromatic rings. The standard InChI is InChI=1S/C25H23N5OS/c1-3-30-14-16(13-27-30)22-11-19(17-6-4-5-7-21(17)28-22)24(31)29-25-20(12-26)18-9-8-15(2)10-23(18)32-25/h4-7,11,13-15H,3,8-10H2,1-2H3,(H,29,31)/t15-/m1/s1. The van der Waals surface area contributed by atoms with E-state index >= 15 is 0 Å². The molecule has 0 radical (unpaired) electrons. The number of hydrogen-bond acceptors (Lipinski definition) is 5. The van der Waals surface area contributed by atoms with E-state index in [1.807, 2.05) is 48.1 Å². The van der Waals surface area contributed by atoms with Gasteiger partial charge < -0.3 is 5.32 Å². The number of amides is 1. The Morgan fingerprint density at radius 2 is 2.22 bits per heavy atom. The molecule has 1 aromatic carbocycles. The van der Waals surface area contributed by atoms with E-state index in [2.05, 4.69) is 23.4 Å². The quantitative estimate of drug-likeness (QED) is 0.458. The van der Waals surface area contributed by atoms with E-state index in [1.54, 1.807) is 17.5 Å². The van der Waals surface area contributed by atoms with E-state index < -0.39 is 0 Å². The van der Waals surface area contributed by atoms with Crippen molar-refractivity contribution in [1.82, 2.24) is 14.8 Å². The van der Waals surface area contributed by atoms with Crippen molar-refractivity contribution in [2.45, 2.75) is 39.7 Å². The summed E-state index contributed by atoms with van der Waals surface area (Å²) in [7, 11) is 0. The van der Waals surface area contributed by atoms with Crippen molar-refractivity contribution < 1.29 is 4.79 Å². The molecule has 0 unspecified atom stereocenters. The first kappa shape index (κ1) is 20.4. The van der Waals surface area contributed by atoms with Crippen LogP contribution in [0.5, 0.6) is 0 Å². The molecule has 160 valence electrons. The van der Waals surface area contributed by atoms with Gasteiger partial charge in [0.05, 0.1) is 28.5 Å². The van der Waals surface area contributed by atoms with Crippen LogP contribution in [0.4, 0.5) is 5.00 Å². The Morgan fingerprint density at radius 3 is 3.00 bits per heavy atom. The highest BCUT2D eigenvalue weighted by atomic mass is 32.1. The smallest absolute Gasteiger partial charge is 0.257 e. The van der Waals surface area contributed by atoms with Crippen LogP contribution in [0.2, 0.25) is 0 Å². The average Bonchev–Trinajstić information content (AvgIpc) is 3.42. The highest BCUT2D eigenvalue weighted by Crippen LogP contribution is 2.39. The maximum atomic E-state index is 13.5. The first-order valence-corrected chi connectivity index (χ1v) is 11.7. The molecule has 0 spiro atoms. The van der Waals surface area contributed by atoms with Gasteiger partial charge in [-0.25, -0.2) is 4.98 Å². The van der Waals surface area contributed by atoms with Crippen molar-refractivity contribution in [3.8, 4) is 17.3 Å². The number of aromatic nitrogens is 3.